The van der Waals surface area contributed by atoms with Crippen molar-refractivity contribution in [3.63, 3.8) is 0 Å². The van der Waals surface area contributed by atoms with Gasteiger partial charge in [-0.1, -0.05) is 25.3 Å². The van der Waals surface area contributed by atoms with E-state index in [1.54, 1.807) is 17.2 Å². The standard InChI is InChI=1S/C20H30N2O4/c1-14(15-5-3-2-4-6-15)21-20(25)26-22-11-9-16(10-12-22)18-8-7-17(23)13-19(18)24/h7-8,13-16,23-24H,2-6,9-12H2,1H3,(H,21,25)/t14-/m0/s1. The lowest BCUT2D eigenvalue weighted by Gasteiger charge is -2.32. The minimum absolute atomic E-state index is 0.0655. The van der Waals surface area contributed by atoms with Crippen LogP contribution in [0.15, 0.2) is 18.2 Å². The largest absolute Gasteiger partial charge is 0.508 e. The molecule has 0 aromatic heterocycles. The van der Waals surface area contributed by atoms with Crippen LogP contribution in [-0.4, -0.2) is 40.5 Å². The summed E-state index contributed by atoms with van der Waals surface area (Å²) in [6.45, 7) is 3.34. The molecule has 1 amide bonds. The summed E-state index contributed by atoms with van der Waals surface area (Å²) in [4.78, 5) is 17.6. The van der Waals surface area contributed by atoms with E-state index in [4.69, 9.17) is 4.84 Å². The number of hydroxylamine groups is 2. The molecule has 1 aliphatic heterocycles. The predicted octanol–water partition coefficient (Wildman–Crippen LogP) is 3.89. The van der Waals surface area contributed by atoms with Crippen molar-refractivity contribution in [3.8, 4) is 11.5 Å². The first-order valence-electron chi connectivity index (χ1n) is 9.78. The average Bonchev–Trinajstić information content (AvgIpc) is 2.63. The fraction of sp³-hybridized carbons (Fsp3) is 0.650. The number of carbonyl (C=O) groups is 1. The summed E-state index contributed by atoms with van der Waals surface area (Å²) < 4.78 is 0. The van der Waals surface area contributed by atoms with E-state index in [0.717, 1.165) is 18.4 Å². The topological polar surface area (TPSA) is 82.0 Å². The van der Waals surface area contributed by atoms with Crippen molar-refractivity contribution in [2.75, 3.05) is 13.1 Å². The molecular formula is C20H30N2O4. The van der Waals surface area contributed by atoms with Gasteiger partial charge in [0.25, 0.3) is 0 Å². The molecule has 1 saturated carbocycles. The monoisotopic (exact) mass is 362 g/mol. The number of amides is 1. The Kier molecular flexibility index (Phi) is 6.25. The number of phenolic OH excluding ortho intramolecular Hbond substituents is 2. The first kappa shape index (κ1) is 18.8. The zero-order valence-corrected chi connectivity index (χ0v) is 15.5. The summed E-state index contributed by atoms with van der Waals surface area (Å²) in [6.07, 6.45) is 7.40. The minimum Gasteiger partial charge on any atom is -0.508 e. The van der Waals surface area contributed by atoms with E-state index >= 15 is 0 Å². The van der Waals surface area contributed by atoms with Crippen LogP contribution >= 0.6 is 0 Å². The van der Waals surface area contributed by atoms with E-state index in [9.17, 15) is 15.0 Å². The van der Waals surface area contributed by atoms with Crippen LogP contribution in [0.25, 0.3) is 0 Å². The summed E-state index contributed by atoms with van der Waals surface area (Å²) in [5.41, 5.74) is 0.845. The lowest BCUT2D eigenvalue weighted by Crippen LogP contribution is -2.43. The third-order valence-electron chi connectivity index (χ3n) is 5.82. The van der Waals surface area contributed by atoms with Gasteiger partial charge < -0.3 is 20.4 Å². The Bertz CT molecular complexity index is 608. The van der Waals surface area contributed by atoms with Crippen LogP contribution in [0.4, 0.5) is 4.79 Å². The summed E-state index contributed by atoms with van der Waals surface area (Å²) in [5.74, 6) is 0.957. The van der Waals surface area contributed by atoms with Gasteiger partial charge in [0, 0.05) is 25.2 Å². The molecule has 3 N–H and O–H groups in total. The molecule has 6 heteroatoms. The highest BCUT2D eigenvalue weighted by Crippen LogP contribution is 2.35. The van der Waals surface area contributed by atoms with Crippen molar-refractivity contribution in [2.24, 2.45) is 5.92 Å². The Labute approximate surface area is 155 Å². The maximum Gasteiger partial charge on any atom is 0.426 e. The molecule has 144 valence electrons. The van der Waals surface area contributed by atoms with Crippen molar-refractivity contribution in [3.05, 3.63) is 23.8 Å². The van der Waals surface area contributed by atoms with Gasteiger partial charge in [0.05, 0.1) is 0 Å². The molecule has 3 rings (SSSR count). The molecule has 1 atom stereocenters. The number of benzene rings is 1. The SMILES string of the molecule is C[C@H](NC(=O)ON1CCC(c2ccc(O)cc2O)CC1)C1CCCCC1. The number of rotatable bonds is 4. The fourth-order valence-corrected chi connectivity index (χ4v) is 4.22. The van der Waals surface area contributed by atoms with E-state index in [2.05, 4.69) is 12.2 Å². The molecule has 0 radical (unpaired) electrons. The van der Waals surface area contributed by atoms with Crippen molar-refractivity contribution in [1.29, 1.82) is 0 Å². The molecule has 0 unspecified atom stereocenters. The Hall–Kier alpha value is -1.95. The zero-order valence-electron chi connectivity index (χ0n) is 15.5. The van der Waals surface area contributed by atoms with Crippen LogP contribution in [0.3, 0.4) is 0 Å². The number of nitrogens with one attached hydrogen (secondary N) is 1. The second kappa shape index (κ2) is 8.62. The fourth-order valence-electron chi connectivity index (χ4n) is 4.22. The van der Waals surface area contributed by atoms with Gasteiger partial charge in [-0.2, -0.15) is 0 Å². The van der Waals surface area contributed by atoms with Crippen LogP contribution in [-0.2, 0) is 4.84 Å². The molecule has 1 aromatic carbocycles. The van der Waals surface area contributed by atoms with Crippen molar-refractivity contribution < 1.29 is 19.8 Å². The summed E-state index contributed by atoms with van der Waals surface area (Å²) in [7, 11) is 0. The molecular weight excluding hydrogens is 332 g/mol. The molecule has 1 aliphatic carbocycles. The van der Waals surface area contributed by atoms with E-state index in [-0.39, 0.29) is 29.6 Å². The number of hydrogen-bond acceptors (Lipinski definition) is 5. The molecule has 2 fully saturated rings. The number of nitrogens with zero attached hydrogens (tertiary/aromatic N) is 1. The van der Waals surface area contributed by atoms with E-state index in [1.807, 2.05) is 0 Å². The lowest BCUT2D eigenvalue weighted by molar-refractivity contribution is -0.114. The number of aromatic hydroxyl groups is 2. The molecule has 26 heavy (non-hydrogen) atoms. The van der Waals surface area contributed by atoms with Gasteiger partial charge in [-0.3, -0.25) is 0 Å². The molecule has 6 nitrogen and oxygen atoms in total. The van der Waals surface area contributed by atoms with Crippen molar-refractivity contribution in [1.82, 2.24) is 10.4 Å². The van der Waals surface area contributed by atoms with Gasteiger partial charge >= 0.3 is 6.09 Å². The van der Waals surface area contributed by atoms with Crippen LogP contribution in [0.2, 0.25) is 0 Å². The third kappa shape index (κ3) is 4.81. The van der Waals surface area contributed by atoms with Crippen molar-refractivity contribution >= 4 is 6.09 Å². The first-order valence-corrected chi connectivity index (χ1v) is 9.78. The summed E-state index contributed by atoms with van der Waals surface area (Å²) in [6, 6.07) is 4.88. The van der Waals surface area contributed by atoms with Gasteiger partial charge in [-0.05, 0) is 56.1 Å². The molecule has 1 aromatic rings. The Morgan fingerprint density at radius 2 is 1.85 bits per heavy atom. The van der Waals surface area contributed by atoms with Crippen molar-refractivity contribution in [2.45, 2.75) is 63.8 Å². The number of carbonyl (C=O) groups excluding carboxylic acids is 1. The maximum absolute atomic E-state index is 12.2. The maximum atomic E-state index is 12.2. The van der Waals surface area contributed by atoms with Gasteiger partial charge in [0.15, 0.2) is 0 Å². The predicted molar refractivity (Wildman–Crippen MR) is 99.0 cm³/mol. The lowest BCUT2D eigenvalue weighted by atomic mass is 9.85. The minimum atomic E-state index is -0.367. The normalized spacial score (nSPS) is 21.3. The van der Waals surface area contributed by atoms with Crippen LogP contribution in [0.1, 0.15) is 63.4 Å². The molecule has 2 aliphatic rings. The molecule has 1 saturated heterocycles. The van der Waals surface area contributed by atoms with Crippen LogP contribution in [0.5, 0.6) is 11.5 Å². The molecule has 0 spiro atoms. The third-order valence-corrected chi connectivity index (χ3v) is 5.82. The highest BCUT2D eigenvalue weighted by atomic mass is 16.7. The van der Waals surface area contributed by atoms with Gasteiger partial charge in [0.1, 0.15) is 11.5 Å². The Balaban J connectivity index is 1.44. The summed E-state index contributed by atoms with van der Waals surface area (Å²) >= 11 is 0. The molecule has 1 heterocycles. The van der Waals surface area contributed by atoms with Gasteiger partial charge in [-0.25, -0.2) is 4.79 Å². The highest BCUT2D eigenvalue weighted by Gasteiger charge is 2.26. The average molecular weight is 362 g/mol. The van der Waals surface area contributed by atoms with Gasteiger partial charge in [-0.15, -0.1) is 5.06 Å². The Morgan fingerprint density at radius 1 is 1.15 bits per heavy atom. The number of hydrogen-bond donors (Lipinski definition) is 3. The van der Waals surface area contributed by atoms with Crippen LogP contribution in [0, 0.1) is 5.92 Å². The summed E-state index contributed by atoms with van der Waals surface area (Å²) in [5, 5.41) is 24.1. The van der Waals surface area contributed by atoms with E-state index in [1.165, 1.54) is 38.2 Å². The number of piperidine rings is 1. The van der Waals surface area contributed by atoms with Gasteiger partial charge in [0.2, 0.25) is 0 Å². The van der Waals surface area contributed by atoms with E-state index < -0.39 is 0 Å². The number of phenols is 2. The Morgan fingerprint density at radius 3 is 2.50 bits per heavy atom. The quantitative estimate of drug-likeness (QED) is 0.757. The first-order chi connectivity index (χ1) is 12.5. The van der Waals surface area contributed by atoms with E-state index in [0.29, 0.717) is 19.0 Å². The second-order valence-electron chi connectivity index (χ2n) is 7.66. The highest BCUT2D eigenvalue weighted by molar-refractivity contribution is 5.67. The van der Waals surface area contributed by atoms with Crippen LogP contribution < -0.4 is 5.32 Å². The smallest absolute Gasteiger partial charge is 0.426 e. The second-order valence-corrected chi connectivity index (χ2v) is 7.66. The zero-order chi connectivity index (χ0) is 18.5. The molecule has 0 bridgehead atoms.